The van der Waals surface area contributed by atoms with Crippen LogP contribution in [0.2, 0.25) is 0 Å². The summed E-state index contributed by atoms with van der Waals surface area (Å²) in [7, 11) is 0. The molecule has 0 unspecified atom stereocenters. The highest BCUT2D eigenvalue weighted by atomic mass is 16.4. The van der Waals surface area contributed by atoms with Gasteiger partial charge in [0.2, 0.25) is 0 Å². The lowest BCUT2D eigenvalue weighted by Gasteiger charge is -2.42. The Morgan fingerprint density at radius 3 is 2.22 bits per heavy atom. The molecule has 0 saturated heterocycles. The Morgan fingerprint density at radius 2 is 1.74 bits per heavy atom. The molecule has 0 heterocycles. The molecule has 0 aliphatic heterocycles. The molecule has 1 N–H and O–H groups in total. The van der Waals surface area contributed by atoms with Crippen molar-refractivity contribution in [1.29, 1.82) is 5.26 Å². The summed E-state index contributed by atoms with van der Waals surface area (Å²) in [6.45, 7) is 4.24. The summed E-state index contributed by atoms with van der Waals surface area (Å²) in [6.07, 6.45) is 12.4. The zero-order chi connectivity index (χ0) is 16.9. The van der Waals surface area contributed by atoms with Gasteiger partial charge in [-0.25, -0.2) is 0 Å². The molecule has 0 amide bonds. The average molecular weight is 319 g/mol. The Bertz CT molecular complexity index is 423. The highest BCUT2D eigenvalue weighted by Crippen LogP contribution is 2.49. The molecule has 0 aromatic carbocycles. The van der Waals surface area contributed by atoms with Gasteiger partial charge in [0.15, 0.2) is 0 Å². The highest BCUT2D eigenvalue weighted by Gasteiger charge is 2.42. The molecule has 23 heavy (non-hydrogen) atoms. The van der Waals surface area contributed by atoms with Crippen LogP contribution in [-0.2, 0) is 4.79 Å². The summed E-state index contributed by atoms with van der Waals surface area (Å²) >= 11 is 0. The number of hydrogen-bond donors (Lipinski definition) is 1. The summed E-state index contributed by atoms with van der Waals surface area (Å²) in [4.78, 5) is 11.0. The van der Waals surface area contributed by atoms with E-state index in [-0.39, 0.29) is 12.3 Å². The topological polar surface area (TPSA) is 61.1 Å². The van der Waals surface area contributed by atoms with Gasteiger partial charge in [0.05, 0.1) is 11.5 Å². The van der Waals surface area contributed by atoms with Gasteiger partial charge < -0.3 is 5.11 Å². The summed E-state index contributed by atoms with van der Waals surface area (Å²) < 4.78 is 0. The lowest BCUT2D eigenvalue weighted by molar-refractivity contribution is -0.139. The first kappa shape index (κ1) is 18.3. The van der Waals surface area contributed by atoms with Crippen molar-refractivity contribution in [2.45, 2.75) is 84.5 Å². The summed E-state index contributed by atoms with van der Waals surface area (Å²) in [5.74, 6) is 1.77. The summed E-state index contributed by atoms with van der Waals surface area (Å²) in [5.41, 5.74) is -0.395. The fourth-order valence-electron chi connectivity index (χ4n) is 5.16. The zero-order valence-electron chi connectivity index (χ0n) is 14.9. The van der Waals surface area contributed by atoms with E-state index in [1.807, 2.05) is 6.92 Å². The molecule has 2 aliphatic rings. The number of hydrogen-bond acceptors (Lipinski definition) is 2. The first-order chi connectivity index (χ1) is 11.0. The van der Waals surface area contributed by atoms with Crippen molar-refractivity contribution in [2.75, 3.05) is 0 Å². The highest BCUT2D eigenvalue weighted by molar-refractivity contribution is 5.67. The second-order valence-corrected chi connectivity index (χ2v) is 8.17. The lowest BCUT2D eigenvalue weighted by Crippen LogP contribution is -2.36. The van der Waals surface area contributed by atoms with E-state index in [4.69, 9.17) is 5.11 Å². The molecule has 2 rings (SSSR count). The van der Waals surface area contributed by atoms with Crippen LogP contribution in [0, 0.1) is 40.4 Å². The third-order valence-electron chi connectivity index (χ3n) is 6.82. The smallest absolute Gasteiger partial charge is 0.303 e. The maximum Gasteiger partial charge on any atom is 0.303 e. The minimum Gasteiger partial charge on any atom is -0.481 e. The van der Waals surface area contributed by atoms with Crippen molar-refractivity contribution in [3.63, 3.8) is 0 Å². The number of carbonyl (C=O) groups is 1. The van der Waals surface area contributed by atoms with Crippen molar-refractivity contribution >= 4 is 5.97 Å². The van der Waals surface area contributed by atoms with Crippen LogP contribution in [-0.4, -0.2) is 11.1 Å². The van der Waals surface area contributed by atoms with E-state index < -0.39 is 11.4 Å². The molecule has 0 bridgehead atoms. The SMILES string of the molecule is CCCC1CCC(C2CCC(C#N)([C@@H](C)CC(=O)O)CC2)CC1. The molecule has 0 aromatic heterocycles. The van der Waals surface area contributed by atoms with Crippen molar-refractivity contribution < 1.29 is 9.90 Å². The molecule has 1 atom stereocenters. The van der Waals surface area contributed by atoms with E-state index >= 15 is 0 Å². The second kappa shape index (κ2) is 8.18. The third-order valence-corrected chi connectivity index (χ3v) is 6.82. The fraction of sp³-hybridized carbons (Fsp3) is 0.900. The zero-order valence-corrected chi connectivity index (χ0v) is 14.9. The van der Waals surface area contributed by atoms with E-state index in [1.165, 1.54) is 38.5 Å². The van der Waals surface area contributed by atoms with Gasteiger partial charge in [-0.2, -0.15) is 5.26 Å². The van der Waals surface area contributed by atoms with Gasteiger partial charge in [-0.1, -0.05) is 39.5 Å². The Kier molecular flexibility index (Phi) is 6.50. The predicted octanol–water partition coefficient (Wildman–Crippen LogP) is 5.40. The van der Waals surface area contributed by atoms with Gasteiger partial charge in [-0.3, -0.25) is 4.79 Å². The first-order valence-corrected chi connectivity index (χ1v) is 9.63. The van der Waals surface area contributed by atoms with E-state index in [1.54, 1.807) is 0 Å². The molecule has 2 aliphatic carbocycles. The van der Waals surface area contributed by atoms with Gasteiger partial charge in [0.1, 0.15) is 0 Å². The van der Waals surface area contributed by atoms with Crippen LogP contribution in [0.4, 0.5) is 0 Å². The van der Waals surface area contributed by atoms with Crippen LogP contribution in [0.3, 0.4) is 0 Å². The van der Waals surface area contributed by atoms with Crippen molar-refractivity contribution in [3.8, 4) is 6.07 Å². The fourth-order valence-corrected chi connectivity index (χ4v) is 5.16. The molecular weight excluding hydrogens is 286 g/mol. The Hall–Kier alpha value is -1.04. The molecule has 2 saturated carbocycles. The summed E-state index contributed by atoms with van der Waals surface area (Å²) in [5, 5.41) is 18.7. The first-order valence-electron chi connectivity index (χ1n) is 9.63. The van der Waals surface area contributed by atoms with E-state index in [2.05, 4.69) is 13.0 Å². The Morgan fingerprint density at radius 1 is 1.17 bits per heavy atom. The van der Waals surface area contributed by atoms with Crippen LogP contribution in [0.25, 0.3) is 0 Å². The number of carboxylic acids is 1. The Balaban J connectivity index is 1.85. The molecule has 0 radical (unpaired) electrons. The van der Waals surface area contributed by atoms with Crippen LogP contribution < -0.4 is 0 Å². The maximum absolute atomic E-state index is 11.0. The third kappa shape index (κ3) is 4.49. The predicted molar refractivity (Wildman–Crippen MR) is 91.8 cm³/mol. The molecule has 130 valence electrons. The standard InChI is InChI=1S/C20H33NO2/c1-3-4-16-5-7-17(8-6-16)18-9-11-20(14-21,12-10-18)15(2)13-19(22)23/h15-18H,3-13H2,1-2H3,(H,22,23)/t15-,16?,17?,18?,20?/m0/s1. The van der Waals surface area contributed by atoms with Crippen molar-refractivity contribution in [3.05, 3.63) is 0 Å². The van der Waals surface area contributed by atoms with Gasteiger partial charge in [-0.05, 0) is 62.2 Å². The summed E-state index contributed by atoms with van der Waals surface area (Å²) in [6, 6.07) is 2.51. The number of nitriles is 1. The molecule has 0 spiro atoms. The maximum atomic E-state index is 11.0. The van der Waals surface area contributed by atoms with E-state index in [9.17, 15) is 10.1 Å². The molecule has 3 heteroatoms. The van der Waals surface area contributed by atoms with Gasteiger partial charge in [0.25, 0.3) is 0 Å². The minimum absolute atomic E-state index is 0.0359. The van der Waals surface area contributed by atoms with Crippen molar-refractivity contribution in [2.24, 2.45) is 29.1 Å². The molecule has 0 aromatic rings. The number of nitrogens with zero attached hydrogens (tertiary/aromatic N) is 1. The Labute approximate surface area is 141 Å². The number of aliphatic carboxylic acids is 1. The lowest BCUT2D eigenvalue weighted by atomic mass is 9.60. The monoisotopic (exact) mass is 319 g/mol. The van der Waals surface area contributed by atoms with Crippen molar-refractivity contribution in [1.82, 2.24) is 0 Å². The quantitative estimate of drug-likeness (QED) is 0.712. The van der Waals surface area contributed by atoms with Gasteiger partial charge >= 0.3 is 5.97 Å². The van der Waals surface area contributed by atoms with Crippen LogP contribution in [0.15, 0.2) is 0 Å². The molecule has 3 nitrogen and oxygen atoms in total. The van der Waals surface area contributed by atoms with Crippen LogP contribution >= 0.6 is 0 Å². The normalized spacial score (nSPS) is 36.1. The molecule has 2 fully saturated rings. The van der Waals surface area contributed by atoms with Crippen LogP contribution in [0.5, 0.6) is 0 Å². The average Bonchev–Trinajstić information content (AvgIpc) is 2.55. The minimum atomic E-state index is -0.775. The van der Waals surface area contributed by atoms with Crippen LogP contribution in [0.1, 0.15) is 84.5 Å². The number of rotatable bonds is 6. The van der Waals surface area contributed by atoms with E-state index in [0.29, 0.717) is 0 Å². The van der Waals surface area contributed by atoms with Gasteiger partial charge in [0, 0.05) is 6.42 Å². The second-order valence-electron chi connectivity index (χ2n) is 8.17. The van der Waals surface area contributed by atoms with E-state index in [0.717, 1.165) is 43.4 Å². The molecular formula is C20H33NO2. The number of carboxylic acid groups (broad SMARTS) is 1. The van der Waals surface area contributed by atoms with Gasteiger partial charge in [-0.15, -0.1) is 0 Å². The largest absolute Gasteiger partial charge is 0.481 e.